The Balaban J connectivity index is 2.71. The van der Waals surface area contributed by atoms with Gasteiger partial charge in [0, 0.05) is 25.2 Å². The molecule has 0 bridgehead atoms. The quantitative estimate of drug-likeness (QED) is 0.588. The molecular formula is C9H10N2. The van der Waals surface area contributed by atoms with Crippen LogP contribution in [0.5, 0.6) is 0 Å². The SMILES string of the molecule is C#CCCc1nccnc1C. The van der Waals surface area contributed by atoms with Gasteiger partial charge in [-0.15, -0.1) is 12.3 Å². The molecule has 0 N–H and O–H groups in total. The molecule has 0 saturated heterocycles. The molecule has 0 spiro atoms. The smallest absolute Gasteiger partial charge is 0.0625 e. The normalized spacial score (nSPS) is 9.09. The molecule has 11 heavy (non-hydrogen) atoms. The lowest BCUT2D eigenvalue weighted by Gasteiger charge is -1.98. The first kappa shape index (κ1) is 7.74. The number of terminal acetylenes is 1. The largest absolute Gasteiger partial charge is 0.258 e. The lowest BCUT2D eigenvalue weighted by molar-refractivity contribution is 0.911. The first-order chi connectivity index (χ1) is 5.34. The van der Waals surface area contributed by atoms with Crippen LogP contribution in [0.25, 0.3) is 0 Å². The maximum absolute atomic E-state index is 5.13. The van der Waals surface area contributed by atoms with Gasteiger partial charge in [0.15, 0.2) is 0 Å². The highest BCUT2D eigenvalue weighted by Gasteiger charge is 1.96. The number of nitrogens with zero attached hydrogens (tertiary/aromatic N) is 2. The predicted octanol–water partition coefficient (Wildman–Crippen LogP) is 1.35. The van der Waals surface area contributed by atoms with E-state index in [9.17, 15) is 0 Å². The van der Waals surface area contributed by atoms with Crippen molar-refractivity contribution in [2.45, 2.75) is 19.8 Å². The Morgan fingerprint density at radius 2 is 2.18 bits per heavy atom. The fourth-order valence-corrected chi connectivity index (χ4v) is 0.872. The van der Waals surface area contributed by atoms with Gasteiger partial charge in [0.05, 0.1) is 11.4 Å². The molecule has 56 valence electrons. The summed E-state index contributed by atoms with van der Waals surface area (Å²) in [6, 6.07) is 0. The Morgan fingerprint density at radius 3 is 2.82 bits per heavy atom. The molecule has 0 unspecified atom stereocenters. The van der Waals surface area contributed by atoms with E-state index in [1.54, 1.807) is 12.4 Å². The average molecular weight is 146 g/mol. The van der Waals surface area contributed by atoms with Gasteiger partial charge in [-0.1, -0.05) is 0 Å². The second kappa shape index (κ2) is 3.72. The predicted molar refractivity (Wildman–Crippen MR) is 43.9 cm³/mol. The van der Waals surface area contributed by atoms with Crippen LogP contribution in [0.15, 0.2) is 12.4 Å². The molecule has 0 radical (unpaired) electrons. The van der Waals surface area contributed by atoms with E-state index < -0.39 is 0 Å². The number of hydrogen-bond donors (Lipinski definition) is 0. The fraction of sp³-hybridized carbons (Fsp3) is 0.333. The minimum Gasteiger partial charge on any atom is -0.258 e. The van der Waals surface area contributed by atoms with Gasteiger partial charge in [0.2, 0.25) is 0 Å². The van der Waals surface area contributed by atoms with E-state index in [4.69, 9.17) is 6.42 Å². The monoisotopic (exact) mass is 146 g/mol. The second-order valence-corrected chi connectivity index (χ2v) is 2.29. The lowest BCUT2D eigenvalue weighted by Crippen LogP contribution is -1.95. The van der Waals surface area contributed by atoms with Crippen LogP contribution >= 0.6 is 0 Å². The second-order valence-electron chi connectivity index (χ2n) is 2.29. The molecule has 0 aliphatic carbocycles. The maximum atomic E-state index is 5.13. The zero-order chi connectivity index (χ0) is 8.10. The van der Waals surface area contributed by atoms with E-state index >= 15 is 0 Å². The third-order valence-corrected chi connectivity index (χ3v) is 1.49. The molecule has 0 amide bonds. The third kappa shape index (κ3) is 2.05. The fourth-order valence-electron chi connectivity index (χ4n) is 0.872. The van der Waals surface area contributed by atoms with Crippen LogP contribution in [-0.4, -0.2) is 9.97 Å². The first-order valence-electron chi connectivity index (χ1n) is 3.54. The molecule has 0 aliphatic heterocycles. The molecule has 0 fully saturated rings. The molecule has 0 atom stereocenters. The van der Waals surface area contributed by atoms with Crippen LogP contribution in [-0.2, 0) is 6.42 Å². The van der Waals surface area contributed by atoms with Crippen LogP contribution in [0.1, 0.15) is 17.8 Å². The van der Waals surface area contributed by atoms with Crippen molar-refractivity contribution in [3.8, 4) is 12.3 Å². The molecule has 1 aromatic rings. The van der Waals surface area contributed by atoms with E-state index in [1.165, 1.54) is 0 Å². The van der Waals surface area contributed by atoms with Crippen molar-refractivity contribution in [2.24, 2.45) is 0 Å². The van der Waals surface area contributed by atoms with Crippen LogP contribution in [0.4, 0.5) is 0 Å². The van der Waals surface area contributed by atoms with E-state index in [2.05, 4.69) is 15.9 Å². The van der Waals surface area contributed by atoms with Crippen molar-refractivity contribution in [2.75, 3.05) is 0 Å². The van der Waals surface area contributed by atoms with E-state index in [0.717, 1.165) is 24.2 Å². The highest BCUT2D eigenvalue weighted by molar-refractivity contribution is 5.09. The highest BCUT2D eigenvalue weighted by Crippen LogP contribution is 2.01. The molecule has 0 aromatic carbocycles. The van der Waals surface area contributed by atoms with Gasteiger partial charge in [-0.2, -0.15) is 0 Å². The Morgan fingerprint density at radius 1 is 1.45 bits per heavy atom. The summed E-state index contributed by atoms with van der Waals surface area (Å²) in [5, 5.41) is 0. The molecule has 2 heteroatoms. The topological polar surface area (TPSA) is 25.8 Å². The molecule has 1 aromatic heterocycles. The number of rotatable bonds is 2. The molecule has 1 heterocycles. The number of aryl methyl sites for hydroxylation is 2. The van der Waals surface area contributed by atoms with Crippen LogP contribution < -0.4 is 0 Å². The first-order valence-corrected chi connectivity index (χ1v) is 3.54. The van der Waals surface area contributed by atoms with E-state index in [-0.39, 0.29) is 0 Å². The van der Waals surface area contributed by atoms with Crippen molar-refractivity contribution in [1.29, 1.82) is 0 Å². The summed E-state index contributed by atoms with van der Waals surface area (Å²) in [6.45, 7) is 1.94. The maximum Gasteiger partial charge on any atom is 0.0625 e. The average Bonchev–Trinajstić information content (AvgIpc) is 2.03. The summed E-state index contributed by atoms with van der Waals surface area (Å²) in [7, 11) is 0. The summed E-state index contributed by atoms with van der Waals surface area (Å²) in [5.41, 5.74) is 1.98. The summed E-state index contributed by atoms with van der Waals surface area (Å²) in [5.74, 6) is 2.58. The van der Waals surface area contributed by atoms with Gasteiger partial charge in [0.25, 0.3) is 0 Å². The number of aromatic nitrogens is 2. The van der Waals surface area contributed by atoms with E-state index in [1.807, 2.05) is 6.92 Å². The minimum absolute atomic E-state index is 0.736. The summed E-state index contributed by atoms with van der Waals surface area (Å²) in [6.07, 6.45) is 10.1. The van der Waals surface area contributed by atoms with E-state index in [0.29, 0.717) is 0 Å². The van der Waals surface area contributed by atoms with Crippen molar-refractivity contribution in [3.05, 3.63) is 23.8 Å². The van der Waals surface area contributed by atoms with Crippen LogP contribution in [0.3, 0.4) is 0 Å². The minimum atomic E-state index is 0.736. The Hall–Kier alpha value is -1.36. The van der Waals surface area contributed by atoms with Crippen LogP contribution in [0.2, 0.25) is 0 Å². The van der Waals surface area contributed by atoms with Gasteiger partial charge in [-0.3, -0.25) is 9.97 Å². The molecule has 2 nitrogen and oxygen atoms in total. The van der Waals surface area contributed by atoms with Gasteiger partial charge >= 0.3 is 0 Å². The van der Waals surface area contributed by atoms with Crippen molar-refractivity contribution < 1.29 is 0 Å². The van der Waals surface area contributed by atoms with Crippen molar-refractivity contribution >= 4 is 0 Å². The van der Waals surface area contributed by atoms with Crippen molar-refractivity contribution in [3.63, 3.8) is 0 Å². The van der Waals surface area contributed by atoms with Crippen LogP contribution in [0, 0.1) is 19.3 Å². The Bertz CT molecular complexity index is 273. The third-order valence-electron chi connectivity index (χ3n) is 1.49. The summed E-state index contributed by atoms with van der Waals surface area (Å²) in [4.78, 5) is 8.26. The molecule has 0 aliphatic rings. The number of hydrogen-bond acceptors (Lipinski definition) is 2. The van der Waals surface area contributed by atoms with Crippen molar-refractivity contribution in [1.82, 2.24) is 9.97 Å². The molecular weight excluding hydrogens is 136 g/mol. The summed E-state index contributed by atoms with van der Waals surface area (Å²) >= 11 is 0. The molecule has 1 rings (SSSR count). The molecule has 0 saturated carbocycles. The Labute approximate surface area is 66.7 Å². The van der Waals surface area contributed by atoms with Gasteiger partial charge in [-0.05, 0) is 6.92 Å². The van der Waals surface area contributed by atoms with Gasteiger partial charge in [-0.25, -0.2) is 0 Å². The standard InChI is InChI=1S/C9H10N2/c1-3-4-5-9-8(2)10-6-7-11-9/h1,6-7H,4-5H2,2H3. The zero-order valence-corrected chi connectivity index (χ0v) is 6.54. The van der Waals surface area contributed by atoms with Gasteiger partial charge < -0.3 is 0 Å². The highest BCUT2D eigenvalue weighted by atomic mass is 14.8. The zero-order valence-electron chi connectivity index (χ0n) is 6.54. The van der Waals surface area contributed by atoms with Gasteiger partial charge in [0.1, 0.15) is 0 Å². The Kier molecular flexibility index (Phi) is 2.62. The summed E-state index contributed by atoms with van der Waals surface area (Å²) < 4.78 is 0. The lowest BCUT2D eigenvalue weighted by atomic mass is 10.2.